The first-order valence-electron chi connectivity index (χ1n) is 7.94. The van der Waals surface area contributed by atoms with Crippen molar-refractivity contribution in [2.45, 2.75) is 71.1 Å². The summed E-state index contributed by atoms with van der Waals surface area (Å²) in [6, 6.07) is 0. The van der Waals surface area contributed by atoms with Crippen LogP contribution in [0.3, 0.4) is 0 Å². The topological polar surface area (TPSA) is 42.9 Å². The molecule has 1 saturated carbocycles. The average Bonchev–Trinajstić information content (AvgIpc) is 2.65. The van der Waals surface area contributed by atoms with Crippen molar-refractivity contribution in [1.82, 2.24) is 9.97 Å². The number of hydrogen-bond donors (Lipinski definition) is 0. The molecular formula is C17H24N2O. The van der Waals surface area contributed by atoms with Crippen LogP contribution in [-0.2, 0) is 6.42 Å². The molecule has 0 amide bonds. The number of aromatic nitrogens is 2. The Morgan fingerprint density at radius 2 is 1.80 bits per heavy atom. The highest BCUT2D eigenvalue weighted by Gasteiger charge is 2.32. The predicted octanol–water partition coefficient (Wildman–Crippen LogP) is 4.07. The second kappa shape index (κ2) is 5.27. The van der Waals surface area contributed by atoms with Gasteiger partial charge in [0.2, 0.25) is 0 Å². The Balaban J connectivity index is 1.90. The van der Waals surface area contributed by atoms with Crippen LogP contribution in [0.1, 0.15) is 86.6 Å². The van der Waals surface area contributed by atoms with Crippen molar-refractivity contribution in [2.24, 2.45) is 5.41 Å². The summed E-state index contributed by atoms with van der Waals surface area (Å²) in [5.74, 6) is 1.70. The van der Waals surface area contributed by atoms with Crippen LogP contribution in [0.4, 0.5) is 0 Å². The molecule has 0 spiro atoms. The number of Topliss-reactive ketones (excluding diaryl/α,β-unsaturated/α-hetero) is 1. The first-order valence-corrected chi connectivity index (χ1v) is 7.94. The van der Waals surface area contributed by atoms with Crippen molar-refractivity contribution in [2.75, 3.05) is 0 Å². The van der Waals surface area contributed by atoms with E-state index < -0.39 is 0 Å². The number of carbonyl (C=O) groups is 1. The quantitative estimate of drug-likeness (QED) is 0.724. The fourth-order valence-corrected chi connectivity index (χ4v) is 3.58. The van der Waals surface area contributed by atoms with Gasteiger partial charge in [-0.1, -0.05) is 39.5 Å². The molecule has 2 aliphatic carbocycles. The fraction of sp³-hybridized carbons (Fsp3) is 0.706. The van der Waals surface area contributed by atoms with Gasteiger partial charge < -0.3 is 0 Å². The highest BCUT2D eigenvalue weighted by Crippen LogP contribution is 2.35. The van der Waals surface area contributed by atoms with Gasteiger partial charge in [-0.25, -0.2) is 9.97 Å². The van der Waals surface area contributed by atoms with Gasteiger partial charge >= 0.3 is 0 Å². The summed E-state index contributed by atoms with van der Waals surface area (Å²) < 4.78 is 0. The molecule has 3 heteroatoms. The molecule has 0 bridgehead atoms. The highest BCUT2D eigenvalue weighted by atomic mass is 16.1. The fourth-order valence-electron chi connectivity index (χ4n) is 3.58. The molecule has 2 aliphatic rings. The van der Waals surface area contributed by atoms with Gasteiger partial charge in [0.15, 0.2) is 5.78 Å². The number of carbonyl (C=O) groups excluding carboxylic acids is 1. The van der Waals surface area contributed by atoms with Gasteiger partial charge in [-0.2, -0.15) is 0 Å². The number of rotatable bonds is 1. The largest absolute Gasteiger partial charge is 0.294 e. The molecule has 1 aromatic rings. The number of fused-ring (bicyclic) bond motifs is 1. The summed E-state index contributed by atoms with van der Waals surface area (Å²) in [5, 5.41) is 0. The van der Waals surface area contributed by atoms with Gasteiger partial charge in [-0.15, -0.1) is 0 Å². The lowest BCUT2D eigenvalue weighted by Gasteiger charge is -2.29. The predicted molar refractivity (Wildman–Crippen MR) is 78.9 cm³/mol. The smallest absolute Gasteiger partial charge is 0.166 e. The monoisotopic (exact) mass is 272 g/mol. The molecule has 0 atom stereocenters. The molecule has 1 heterocycles. The number of ketones is 1. The summed E-state index contributed by atoms with van der Waals surface area (Å²) in [5.41, 5.74) is 1.79. The molecule has 3 rings (SSSR count). The molecule has 108 valence electrons. The van der Waals surface area contributed by atoms with Gasteiger partial charge in [-0.05, 0) is 24.7 Å². The second-order valence-corrected chi connectivity index (χ2v) is 7.22. The Hall–Kier alpha value is -1.25. The minimum absolute atomic E-state index is 0.0408. The zero-order valence-corrected chi connectivity index (χ0v) is 12.6. The third-order valence-electron chi connectivity index (χ3n) is 4.69. The first-order chi connectivity index (χ1) is 9.55. The summed E-state index contributed by atoms with van der Waals surface area (Å²) >= 11 is 0. The molecule has 1 fully saturated rings. The molecule has 0 aliphatic heterocycles. The van der Waals surface area contributed by atoms with Crippen LogP contribution in [0.5, 0.6) is 0 Å². The van der Waals surface area contributed by atoms with Gasteiger partial charge in [0.25, 0.3) is 0 Å². The van der Waals surface area contributed by atoms with Crippen molar-refractivity contribution in [1.29, 1.82) is 0 Å². The van der Waals surface area contributed by atoms with Gasteiger partial charge in [0, 0.05) is 18.5 Å². The first kappa shape index (κ1) is 13.7. The van der Waals surface area contributed by atoms with Crippen LogP contribution in [0.25, 0.3) is 0 Å². The van der Waals surface area contributed by atoms with Crippen LogP contribution < -0.4 is 0 Å². The van der Waals surface area contributed by atoms with E-state index in [4.69, 9.17) is 4.98 Å². The maximum atomic E-state index is 12.2. The van der Waals surface area contributed by atoms with Crippen LogP contribution in [0.2, 0.25) is 0 Å². The van der Waals surface area contributed by atoms with Crippen LogP contribution >= 0.6 is 0 Å². The van der Waals surface area contributed by atoms with E-state index in [1.807, 2.05) is 0 Å². The van der Waals surface area contributed by atoms with E-state index >= 15 is 0 Å². The van der Waals surface area contributed by atoms with Gasteiger partial charge in [0.05, 0.1) is 11.3 Å². The van der Waals surface area contributed by atoms with E-state index in [0.29, 0.717) is 12.3 Å². The van der Waals surface area contributed by atoms with E-state index in [0.717, 1.165) is 23.5 Å². The van der Waals surface area contributed by atoms with E-state index in [-0.39, 0.29) is 11.2 Å². The molecule has 0 unspecified atom stereocenters. The molecule has 3 nitrogen and oxygen atoms in total. The third-order valence-corrected chi connectivity index (χ3v) is 4.69. The van der Waals surface area contributed by atoms with E-state index in [1.165, 1.54) is 38.5 Å². The molecular weight excluding hydrogens is 248 g/mol. The molecule has 1 aromatic heterocycles. The van der Waals surface area contributed by atoms with Crippen molar-refractivity contribution >= 4 is 5.78 Å². The minimum atomic E-state index is 0.0408. The zero-order valence-electron chi connectivity index (χ0n) is 12.6. The van der Waals surface area contributed by atoms with E-state index in [9.17, 15) is 4.79 Å². The van der Waals surface area contributed by atoms with Crippen molar-refractivity contribution in [3.63, 3.8) is 0 Å². The Bertz CT molecular complexity index is 514. The number of nitrogens with zero attached hydrogens (tertiary/aromatic N) is 2. The lowest BCUT2D eigenvalue weighted by molar-refractivity contribution is 0.0909. The molecule has 0 aromatic carbocycles. The Labute approximate surface area is 121 Å². The maximum absolute atomic E-state index is 12.2. The van der Waals surface area contributed by atoms with Crippen molar-refractivity contribution in [3.8, 4) is 0 Å². The van der Waals surface area contributed by atoms with Gasteiger partial charge in [0.1, 0.15) is 5.82 Å². The lowest BCUT2D eigenvalue weighted by Crippen LogP contribution is -2.28. The Morgan fingerprint density at radius 1 is 1.10 bits per heavy atom. The normalized spacial score (nSPS) is 23.2. The standard InChI is InChI=1S/C17H24N2O/c1-17(2)9-14-13(15(20)10-17)11-18-16(19-14)12-7-5-3-4-6-8-12/h11-12H,3-10H2,1-2H3. The third kappa shape index (κ3) is 2.77. The molecule has 0 radical (unpaired) electrons. The molecule has 0 N–H and O–H groups in total. The Kier molecular flexibility index (Phi) is 3.61. The van der Waals surface area contributed by atoms with E-state index in [1.54, 1.807) is 6.20 Å². The maximum Gasteiger partial charge on any atom is 0.166 e. The minimum Gasteiger partial charge on any atom is -0.294 e. The zero-order chi connectivity index (χ0) is 14.2. The summed E-state index contributed by atoms with van der Waals surface area (Å²) in [6.07, 6.45) is 11.0. The summed E-state index contributed by atoms with van der Waals surface area (Å²) in [6.45, 7) is 4.31. The number of hydrogen-bond acceptors (Lipinski definition) is 3. The SMILES string of the molecule is CC1(C)CC(=O)c2cnc(C3CCCCCC3)nc2C1. The van der Waals surface area contributed by atoms with Crippen molar-refractivity contribution < 1.29 is 4.79 Å². The van der Waals surface area contributed by atoms with E-state index in [2.05, 4.69) is 18.8 Å². The molecule has 0 saturated heterocycles. The molecule has 20 heavy (non-hydrogen) atoms. The highest BCUT2D eigenvalue weighted by molar-refractivity contribution is 5.98. The Morgan fingerprint density at radius 3 is 2.50 bits per heavy atom. The second-order valence-electron chi connectivity index (χ2n) is 7.22. The van der Waals surface area contributed by atoms with Crippen LogP contribution in [-0.4, -0.2) is 15.8 Å². The summed E-state index contributed by atoms with van der Waals surface area (Å²) in [4.78, 5) is 21.5. The lowest BCUT2D eigenvalue weighted by atomic mass is 9.76. The van der Waals surface area contributed by atoms with Crippen molar-refractivity contribution in [3.05, 3.63) is 23.3 Å². The van der Waals surface area contributed by atoms with Crippen LogP contribution in [0, 0.1) is 5.41 Å². The average molecular weight is 272 g/mol. The van der Waals surface area contributed by atoms with Crippen LogP contribution in [0.15, 0.2) is 6.20 Å². The van der Waals surface area contributed by atoms with Gasteiger partial charge in [-0.3, -0.25) is 4.79 Å². The summed E-state index contributed by atoms with van der Waals surface area (Å²) in [7, 11) is 0.